The maximum absolute atomic E-state index is 9.51. The molecule has 0 aromatic carbocycles. The van der Waals surface area contributed by atoms with E-state index in [4.69, 9.17) is 11.5 Å². The van der Waals surface area contributed by atoms with Crippen LogP contribution < -0.4 is 0 Å². The van der Waals surface area contributed by atoms with Crippen LogP contribution in [0.3, 0.4) is 0 Å². The molecule has 0 spiro atoms. The molecule has 0 radical (unpaired) electrons. The van der Waals surface area contributed by atoms with Gasteiger partial charge in [0, 0.05) is 0 Å². The Kier molecular flexibility index (Phi) is 2.83. The molecule has 0 bridgehead atoms. The van der Waals surface area contributed by atoms with E-state index in [1.54, 1.807) is 5.92 Å². The van der Waals surface area contributed by atoms with E-state index in [0.717, 1.165) is 0 Å². The van der Waals surface area contributed by atoms with E-state index < -0.39 is 36.1 Å². The smallest absolute Gasteiger partial charge is 0.182 e. The molecule has 0 amide bonds. The molecule has 0 aromatic rings. The minimum atomic E-state index is -2.46. The van der Waals surface area contributed by atoms with Gasteiger partial charge >= 0.3 is 0 Å². The highest BCUT2D eigenvalue weighted by Gasteiger charge is 2.56. The second-order valence-electron chi connectivity index (χ2n) is 3.33. The van der Waals surface area contributed by atoms with Gasteiger partial charge in [-0.25, -0.2) is 0 Å². The van der Waals surface area contributed by atoms with Crippen LogP contribution in [0.5, 0.6) is 0 Å². The maximum Gasteiger partial charge on any atom is 0.182 e. The highest BCUT2D eigenvalue weighted by Crippen LogP contribution is 2.29. The molecule has 1 fully saturated rings. The standard InChI is InChI=1S/C8H12O6/c1-2-8(14)6(12)4(10)3(9)5(11)7(8)13/h1,3-7,9-14H/t3?,4-,5-,6-,7+,8?/m1/s1. The van der Waals surface area contributed by atoms with E-state index in [1.807, 2.05) is 0 Å². The fraction of sp³-hybridized carbons (Fsp3) is 0.750. The summed E-state index contributed by atoms with van der Waals surface area (Å²) in [5, 5.41) is 55.5. The van der Waals surface area contributed by atoms with Crippen molar-refractivity contribution < 1.29 is 30.6 Å². The molecule has 14 heavy (non-hydrogen) atoms. The number of terminal acetylenes is 1. The van der Waals surface area contributed by atoms with E-state index in [9.17, 15) is 25.5 Å². The van der Waals surface area contributed by atoms with Crippen molar-refractivity contribution in [3.63, 3.8) is 0 Å². The van der Waals surface area contributed by atoms with Crippen LogP contribution in [0.25, 0.3) is 0 Å². The largest absolute Gasteiger partial charge is 0.387 e. The number of rotatable bonds is 0. The zero-order valence-electron chi connectivity index (χ0n) is 7.15. The lowest BCUT2D eigenvalue weighted by Gasteiger charge is -2.44. The molecule has 0 saturated heterocycles. The summed E-state index contributed by atoms with van der Waals surface area (Å²) in [4.78, 5) is 0. The van der Waals surface area contributed by atoms with Crippen LogP contribution in [0.2, 0.25) is 0 Å². The summed E-state index contributed by atoms with van der Waals surface area (Å²) in [6.07, 6.45) is -4.34. The third kappa shape index (κ3) is 1.31. The van der Waals surface area contributed by atoms with Crippen molar-refractivity contribution in [1.29, 1.82) is 0 Å². The van der Waals surface area contributed by atoms with Gasteiger partial charge in [0.15, 0.2) is 5.60 Å². The Balaban J connectivity index is 3.06. The van der Waals surface area contributed by atoms with Crippen molar-refractivity contribution >= 4 is 0 Å². The summed E-state index contributed by atoms with van der Waals surface area (Å²) in [5.74, 6) is 1.69. The zero-order chi connectivity index (χ0) is 11.1. The van der Waals surface area contributed by atoms with Crippen LogP contribution in [0.15, 0.2) is 0 Å². The molecule has 6 N–H and O–H groups in total. The van der Waals surface area contributed by atoms with Gasteiger partial charge in [0.05, 0.1) is 0 Å². The van der Waals surface area contributed by atoms with Crippen LogP contribution in [0, 0.1) is 12.3 Å². The molecular weight excluding hydrogens is 192 g/mol. The predicted molar refractivity (Wildman–Crippen MR) is 43.8 cm³/mol. The fourth-order valence-corrected chi connectivity index (χ4v) is 1.44. The van der Waals surface area contributed by atoms with Crippen molar-refractivity contribution in [2.75, 3.05) is 0 Å². The second-order valence-corrected chi connectivity index (χ2v) is 3.33. The lowest BCUT2D eigenvalue weighted by atomic mass is 9.75. The average Bonchev–Trinajstić information content (AvgIpc) is 2.21. The number of aliphatic hydroxyl groups excluding tert-OH is 5. The summed E-state index contributed by atoms with van der Waals surface area (Å²) in [7, 11) is 0. The summed E-state index contributed by atoms with van der Waals surface area (Å²) >= 11 is 0. The Labute approximate surface area is 80.1 Å². The molecule has 1 rings (SSSR count). The topological polar surface area (TPSA) is 121 Å². The van der Waals surface area contributed by atoms with Gasteiger partial charge in [0.1, 0.15) is 30.5 Å². The van der Waals surface area contributed by atoms with Crippen LogP contribution in [-0.2, 0) is 0 Å². The van der Waals surface area contributed by atoms with Gasteiger partial charge in [0.2, 0.25) is 0 Å². The molecule has 2 unspecified atom stereocenters. The minimum Gasteiger partial charge on any atom is -0.387 e. The van der Waals surface area contributed by atoms with Gasteiger partial charge in [-0.1, -0.05) is 5.92 Å². The molecule has 0 heterocycles. The first kappa shape index (κ1) is 11.4. The second kappa shape index (κ2) is 3.47. The molecule has 1 aliphatic rings. The highest BCUT2D eigenvalue weighted by molar-refractivity contribution is 5.22. The summed E-state index contributed by atoms with van der Waals surface area (Å²) in [6.45, 7) is 0. The third-order valence-corrected chi connectivity index (χ3v) is 2.48. The predicted octanol–water partition coefficient (Wildman–Crippen LogP) is -3.83. The van der Waals surface area contributed by atoms with Gasteiger partial charge in [-0.2, -0.15) is 0 Å². The Hall–Kier alpha value is -0.680. The molecule has 6 heteroatoms. The van der Waals surface area contributed by atoms with Crippen LogP contribution in [-0.4, -0.2) is 66.8 Å². The maximum atomic E-state index is 9.51. The highest BCUT2D eigenvalue weighted by atomic mass is 16.4. The summed E-state index contributed by atoms with van der Waals surface area (Å²) in [6, 6.07) is 0. The number of hydrogen-bond acceptors (Lipinski definition) is 6. The quantitative estimate of drug-likeness (QED) is 0.225. The minimum absolute atomic E-state index is 1.69. The lowest BCUT2D eigenvalue weighted by Crippen LogP contribution is -2.70. The first-order valence-electron chi connectivity index (χ1n) is 3.96. The summed E-state index contributed by atoms with van der Waals surface area (Å²) < 4.78 is 0. The van der Waals surface area contributed by atoms with E-state index in [0.29, 0.717) is 0 Å². The van der Waals surface area contributed by atoms with Crippen LogP contribution in [0.4, 0.5) is 0 Å². The molecule has 6 nitrogen and oxygen atoms in total. The van der Waals surface area contributed by atoms with E-state index >= 15 is 0 Å². The molecule has 6 atom stereocenters. The number of aliphatic hydroxyl groups is 6. The molecule has 0 aromatic heterocycles. The molecule has 1 aliphatic carbocycles. The monoisotopic (exact) mass is 204 g/mol. The Morgan fingerprint density at radius 2 is 1.21 bits per heavy atom. The lowest BCUT2D eigenvalue weighted by molar-refractivity contribution is -0.247. The van der Waals surface area contributed by atoms with Gasteiger partial charge in [0.25, 0.3) is 0 Å². The number of hydrogen-bond donors (Lipinski definition) is 6. The van der Waals surface area contributed by atoms with E-state index in [1.165, 1.54) is 0 Å². The van der Waals surface area contributed by atoms with Crippen molar-refractivity contribution in [3.8, 4) is 12.3 Å². The Morgan fingerprint density at radius 1 is 0.857 bits per heavy atom. The van der Waals surface area contributed by atoms with Gasteiger partial charge in [-0.05, 0) is 0 Å². The van der Waals surface area contributed by atoms with Crippen molar-refractivity contribution in [1.82, 2.24) is 0 Å². The van der Waals surface area contributed by atoms with Crippen molar-refractivity contribution in [3.05, 3.63) is 0 Å². The Bertz CT molecular complexity index is 243. The SMILES string of the molecule is C#CC1(O)[C@H](O)[C@H](O)C(O)[C@@H](O)[C@@H]1O. The van der Waals surface area contributed by atoms with Crippen LogP contribution >= 0.6 is 0 Å². The van der Waals surface area contributed by atoms with Gasteiger partial charge in [-0.3, -0.25) is 0 Å². The van der Waals surface area contributed by atoms with Gasteiger partial charge < -0.3 is 30.6 Å². The molecule has 1 saturated carbocycles. The normalized spacial score (nSPS) is 53.9. The average molecular weight is 204 g/mol. The van der Waals surface area contributed by atoms with Crippen LogP contribution in [0.1, 0.15) is 0 Å². The summed E-state index contributed by atoms with van der Waals surface area (Å²) in [5.41, 5.74) is -2.46. The zero-order valence-corrected chi connectivity index (χ0v) is 7.15. The first-order valence-corrected chi connectivity index (χ1v) is 3.96. The van der Waals surface area contributed by atoms with Gasteiger partial charge in [-0.15, -0.1) is 6.42 Å². The van der Waals surface area contributed by atoms with Crippen molar-refractivity contribution in [2.24, 2.45) is 0 Å². The molecular formula is C8H12O6. The third-order valence-electron chi connectivity index (χ3n) is 2.48. The van der Waals surface area contributed by atoms with E-state index in [2.05, 4.69) is 0 Å². The molecule has 0 aliphatic heterocycles. The van der Waals surface area contributed by atoms with E-state index in [-0.39, 0.29) is 0 Å². The fourth-order valence-electron chi connectivity index (χ4n) is 1.44. The first-order chi connectivity index (χ1) is 6.36. The Morgan fingerprint density at radius 3 is 1.50 bits per heavy atom. The molecule has 80 valence electrons. The van der Waals surface area contributed by atoms with Crippen molar-refractivity contribution in [2.45, 2.75) is 36.1 Å².